The van der Waals surface area contributed by atoms with Crippen LogP contribution in [0.15, 0.2) is 200 Å². The monoisotopic (exact) mass is 1020 g/mol. The molecule has 0 aliphatic carbocycles. The summed E-state index contributed by atoms with van der Waals surface area (Å²) in [6.07, 6.45) is 1.95. The minimum Gasteiger partial charge on any atom is -0.509 e. The third-order valence-corrected chi connectivity index (χ3v) is 11.2. The van der Waals surface area contributed by atoms with E-state index in [1.54, 1.807) is 35.8 Å². The molecule has 1 aliphatic rings. The maximum atomic E-state index is 9.03. The number of hydrogen-bond donors (Lipinski definition) is 0. The molecule has 3 heterocycles. The van der Waals surface area contributed by atoms with Crippen LogP contribution in [0.1, 0.15) is 40.0 Å². The average molecular weight is 1020 g/mol. The van der Waals surface area contributed by atoms with Gasteiger partial charge in [0.15, 0.2) is 0 Å². The van der Waals surface area contributed by atoms with E-state index in [1.807, 2.05) is 90.0 Å². The molecule has 0 N–H and O–H groups in total. The van der Waals surface area contributed by atoms with Crippen LogP contribution >= 0.6 is 0 Å². The van der Waals surface area contributed by atoms with Crippen molar-refractivity contribution < 1.29 is 39.5 Å². The Morgan fingerprint density at radius 3 is 1.91 bits per heavy atom. The maximum absolute atomic E-state index is 9.03. The fourth-order valence-corrected chi connectivity index (χ4v) is 8.42. The SMILES string of the molecule is [2H]c1c([2H])c([2H])c(-c2cccc(-c3c([2H])c([2H])c([2H])c([2H])c3[2H])c2N2[CH-]N(c3[c-]c(Oc4[c-]c5c(cc4)c4ccccc4n5-c4cc(C(C)(C)C)c(-c5ccccc5)cn4)ccc3)c3ccccc32)c([2H])c1[2H].[Pt]. The van der Waals surface area contributed by atoms with E-state index < -0.39 is 60.4 Å². The summed E-state index contributed by atoms with van der Waals surface area (Å²) in [7, 11) is 0. The van der Waals surface area contributed by atoms with E-state index in [9.17, 15) is 0 Å². The van der Waals surface area contributed by atoms with Gasteiger partial charge in [0.1, 0.15) is 5.82 Å². The van der Waals surface area contributed by atoms with E-state index in [1.165, 1.54) is 0 Å². The number of nitrogens with zero attached hydrogens (tertiary/aromatic N) is 4. The fourth-order valence-electron chi connectivity index (χ4n) is 8.42. The molecule has 0 fully saturated rings. The van der Waals surface area contributed by atoms with Gasteiger partial charge in [0.2, 0.25) is 0 Å². The summed E-state index contributed by atoms with van der Waals surface area (Å²) in [5.74, 6) is 1.55. The van der Waals surface area contributed by atoms with E-state index in [4.69, 9.17) is 23.4 Å². The van der Waals surface area contributed by atoms with Crippen molar-refractivity contribution in [3.8, 4) is 50.7 Å². The standard InChI is InChI=1S/C58H43N4O.Pt/c1-58(2,3)51-37-56(59-38-50(51)42-23-11-6-12-24-42)62-52-30-14-13-27-48(52)49-34-33-45(36-55(49)62)63-44-26-17-25-43(35-44)60-39-61(54-32-16-15-31-53(54)60)57-46(40-19-7-4-8-20-40)28-18-29-47(57)41-21-9-5-10-22-41;/h4-34,37-39H,1-3H3;/q-3;/i4D,5D,7D,8D,9D,10D,19D,20D,21D,22D;. The van der Waals surface area contributed by atoms with E-state index >= 15 is 0 Å². The average Bonchev–Trinajstić information content (AvgIpc) is 3.94. The van der Waals surface area contributed by atoms with E-state index in [2.05, 4.69) is 67.8 Å². The maximum Gasteiger partial charge on any atom is 0.135 e. The molecular formula is C58H43N4OPt-3. The van der Waals surface area contributed by atoms with Crippen LogP contribution in [0.4, 0.5) is 22.7 Å². The van der Waals surface area contributed by atoms with Gasteiger partial charge in [-0.3, -0.25) is 0 Å². The number of pyridine rings is 1. The van der Waals surface area contributed by atoms with Crippen LogP contribution < -0.4 is 14.5 Å². The number of benzene rings is 8. The van der Waals surface area contributed by atoms with Crippen molar-refractivity contribution in [3.63, 3.8) is 0 Å². The first-order valence-electron chi connectivity index (χ1n) is 25.6. The van der Waals surface area contributed by atoms with Crippen molar-refractivity contribution in [2.45, 2.75) is 26.2 Å². The van der Waals surface area contributed by atoms with Crippen LogP contribution in [0.5, 0.6) is 11.5 Å². The zero-order valence-electron chi connectivity index (χ0n) is 44.9. The molecule has 2 aromatic heterocycles. The molecule has 64 heavy (non-hydrogen) atoms. The van der Waals surface area contributed by atoms with E-state index in [0.29, 0.717) is 28.6 Å². The first kappa shape index (κ1) is 30.8. The van der Waals surface area contributed by atoms with E-state index in [-0.39, 0.29) is 54.4 Å². The van der Waals surface area contributed by atoms with Crippen LogP contribution in [-0.4, -0.2) is 9.55 Å². The Bertz CT molecular complexity index is 3750. The number of hydrogen-bond acceptors (Lipinski definition) is 4. The topological polar surface area (TPSA) is 33.5 Å². The molecule has 0 unspecified atom stereocenters. The van der Waals surface area contributed by atoms with Gasteiger partial charge in [0.05, 0.1) is 13.7 Å². The predicted molar refractivity (Wildman–Crippen MR) is 259 cm³/mol. The molecule has 11 rings (SSSR count). The van der Waals surface area contributed by atoms with Crippen molar-refractivity contribution >= 4 is 44.6 Å². The zero-order valence-corrected chi connectivity index (χ0v) is 37.1. The van der Waals surface area contributed by atoms with E-state index in [0.717, 1.165) is 44.3 Å². The summed E-state index contributed by atoms with van der Waals surface area (Å²) in [4.78, 5) is 8.67. The molecule has 10 aromatic rings. The molecule has 5 nitrogen and oxygen atoms in total. The third-order valence-electron chi connectivity index (χ3n) is 11.2. The van der Waals surface area contributed by atoms with Crippen molar-refractivity contribution in [2.24, 2.45) is 0 Å². The molecule has 0 bridgehead atoms. The Balaban J connectivity index is 0.00000626. The minimum absolute atomic E-state index is 0. The van der Waals surface area contributed by atoms with Crippen LogP contribution in [-0.2, 0) is 26.5 Å². The van der Waals surface area contributed by atoms with Gasteiger partial charge in [0, 0.05) is 78.0 Å². The molecule has 1 aliphatic heterocycles. The number of anilines is 4. The first-order valence-corrected chi connectivity index (χ1v) is 20.6. The molecule has 0 saturated heterocycles. The molecule has 314 valence electrons. The van der Waals surface area contributed by atoms with Gasteiger partial charge in [-0.2, -0.15) is 12.1 Å². The Morgan fingerprint density at radius 1 is 0.578 bits per heavy atom. The van der Waals surface area contributed by atoms with Gasteiger partial charge < -0.3 is 19.1 Å². The number of para-hydroxylation sites is 4. The summed E-state index contributed by atoms with van der Waals surface area (Å²) >= 11 is 0. The second-order valence-electron chi connectivity index (χ2n) is 16.2. The van der Waals surface area contributed by atoms with Crippen molar-refractivity contribution in [1.29, 1.82) is 0 Å². The molecule has 0 radical (unpaired) electrons. The number of rotatable bonds is 8. The van der Waals surface area contributed by atoms with Gasteiger partial charge in [0.25, 0.3) is 0 Å². The summed E-state index contributed by atoms with van der Waals surface area (Å²) in [6.45, 7) is 8.35. The van der Waals surface area contributed by atoms with Gasteiger partial charge in [-0.25, -0.2) is 4.98 Å². The Hall–Kier alpha value is -7.20. The largest absolute Gasteiger partial charge is 0.509 e. The normalized spacial score (nSPS) is 14.5. The quantitative estimate of drug-likeness (QED) is 0.142. The minimum atomic E-state index is -0.565. The molecule has 8 aromatic carbocycles. The van der Waals surface area contributed by atoms with Crippen molar-refractivity contribution in [2.75, 3.05) is 9.80 Å². The Labute approximate surface area is 403 Å². The number of fused-ring (bicyclic) bond motifs is 4. The fraction of sp³-hybridized carbons (Fsp3) is 0.0690. The molecule has 6 heteroatoms. The van der Waals surface area contributed by atoms with Crippen molar-refractivity contribution in [3.05, 3.63) is 224 Å². The summed E-state index contributed by atoms with van der Waals surface area (Å²) in [6, 6.07) is 44.1. The van der Waals surface area contributed by atoms with Gasteiger partial charge >= 0.3 is 0 Å². The summed E-state index contributed by atoms with van der Waals surface area (Å²) < 4.78 is 95.9. The van der Waals surface area contributed by atoms with Crippen LogP contribution in [0.25, 0.3) is 61.0 Å². The molecule has 0 atom stereocenters. The Kier molecular flexibility index (Phi) is 8.09. The number of ether oxygens (including phenoxy) is 1. The molecular weight excluding hydrogens is 964 g/mol. The zero-order chi connectivity index (χ0) is 51.2. The second kappa shape index (κ2) is 16.8. The predicted octanol–water partition coefficient (Wildman–Crippen LogP) is 15.3. The van der Waals surface area contributed by atoms with Crippen LogP contribution in [0.3, 0.4) is 0 Å². The smallest absolute Gasteiger partial charge is 0.135 e. The number of aromatic nitrogens is 2. The summed E-state index contributed by atoms with van der Waals surface area (Å²) in [5, 5.41) is 2.01. The third kappa shape index (κ3) is 7.36. The molecule has 0 spiro atoms. The first-order chi connectivity index (χ1) is 35.0. The van der Waals surface area contributed by atoms with Crippen molar-refractivity contribution in [1.82, 2.24) is 9.55 Å². The van der Waals surface area contributed by atoms with Gasteiger partial charge in [-0.05, 0) is 57.3 Å². The molecule has 0 saturated carbocycles. The second-order valence-corrected chi connectivity index (χ2v) is 16.2. The van der Waals surface area contributed by atoms with Crippen LogP contribution in [0, 0.1) is 18.8 Å². The van der Waals surface area contributed by atoms with Crippen LogP contribution in [0.2, 0.25) is 0 Å². The summed E-state index contributed by atoms with van der Waals surface area (Å²) in [5.41, 5.74) is 6.97. The van der Waals surface area contributed by atoms with Gasteiger partial charge in [-0.1, -0.05) is 166 Å². The van der Waals surface area contributed by atoms with Gasteiger partial charge in [-0.15, -0.1) is 48.1 Å². The molecule has 0 amide bonds. The Morgan fingerprint density at radius 2 is 1.20 bits per heavy atom.